The van der Waals surface area contributed by atoms with Crippen molar-refractivity contribution in [2.45, 2.75) is 87.5 Å². The number of allylic oxidation sites excluding steroid dienone is 1. The number of para-hydroxylation sites is 1. The first-order valence-corrected chi connectivity index (χ1v) is 19.3. The van der Waals surface area contributed by atoms with Crippen molar-refractivity contribution in [1.82, 2.24) is 15.2 Å². The van der Waals surface area contributed by atoms with E-state index in [0.717, 1.165) is 53.8 Å². The number of anilines is 1. The summed E-state index contributed by atoms with van der Waals surface area (Å²) in [5, 5.41) is 7.12. The number of methoxy groups -OCH3 is 1. The topological polar surface area (TPSA) is 145 Å². The van der Waals surface area contributed by atoms with Crippen LogP contribution in [0.5, 0.6) is 11.5 Å². The summed E-state index contributed by atoms with van der Waals surface area (Å²) in [6.45, 7) is 6.27. The molecule has 1 saturated heterocycles. The largest absolute Gasteiger partial charge is 0.497 e. The Morgan fingerprint density at radius 1 is 1.02 bits per heavy atom. The molecule has 290 valence electrons. The number of hydrogen-bond donors (Lipinski definition) is 4. The number of aromatic nitrogens is 1. The van der Waals surface area contributed by atoms with Gasteiger partial charge in [-0.15, -0.1) is 12.6 Å². The standard InChI is InChI=1S/C43H51N5O6S/c1-42(2,3)54-41(51)48-27-31(53-37-25-34(28-15-9-8-10-16-28)46-35-23-30(52-4)20-21-32(35)37)24-36(48)39(49)47-43(40(44)50)26-29(43)17-11-6-5-7-14-22-45-33-18-12-13-19-38(33)55/h8-13,15-21,23,25,29,31,36,45,55H,5-7,14,22,24,26-27H2,1-4H3,(H2,44,50)(H,47,49)/b17-11-/t29-,31+,36+,43-/m1/s1. The van der Waals surface area contributed by atoms with Crippen LogP contribution < -0.4 is 25.8 Å². The number of nitrogens with two attached hydrogens (primary N) is 1. The third-order valence-corrected chi connectivity index (χ3v) is 10.4. The van der Waals surface area contributed by atoms with Crippen molar-refractivity contribution >= 4 is 47.1 Å². The molecule has 1 saturated carbocycles. The molecule has 6 rings (SSSR count). The Hall–Kier alpha value is -5.23. The van der Waals surface area contributed by atoms with Crippen LogP contribution in [0.4, 0.5) is 10.5 Å². The molecule has 1 aliphatic heterocycles. The summed E-state index contributed by atoms with van der Waals surface area (Å²) < 4.78 is 17.8. The minimum absolute atomic E-state index is 0.0945. The number of rotatable bonds is 15. The fourth-order valence-corrected chi connectivity index (χ4v) is 7.21. The normalized spacial score (nSPS) is 20.7. The molecule has 2 fully saturated rings. The van der Waals surface area contributed by atoms with Gasteiger partial charge < -0.3 is 30.6 Å². The van der Waals surface area contributed by atoms with Gasteiger partial charge in [0, 0.05) is 52.5 Å². The van der Waals surface area contributed by atoms with Crippen molar-refractivity contribution in [2.24, 2.45) is 11.7 Å². The molecule has 0 unspecified atom stereocenters. The highest BCUT2D eigenvalue weighted by Gasteiger charge is 2.60. The maximum atomic E-state index is 14.1. The monoisotopic (exact) mass is 765 g/mol. The molecule has 0 radical (unpaired) electrons. The number of amides is 3. The Kier molecular flexibility index (Phi) is 12.2. The van der Waals surface area contributed by atoms with Gasteiger partial charge in [-0.3, -0.25) is 14.5 Å². The molecule has 0 spiro atoms. The number of benzene rings is 3. The van der Waals surface area contributed by atoms with Gasteiger partial charge in [-0.25, -0.2) is 9.78 Å². The van der Waals surface area contributed by atoms with Crippen LogP contribution in [0, 0.1) is 5.92 Å². The van der Waals surface area contributed by atoms with Crippen LogP contribution >= 0.6 is 12.6 Å². The molecule has 1 aliphatic carbocycles. The Morgan fingerprint density at radius 2 is 1.78 bits per heavy atom. The molecule has 55 heavy (non-hydrogen) atoms. The van der Waals surface area contributed by atoms with Crippen molar-refractivity contribution in [1.29, 1.82) is 0 Å². The molecule has 3 aromatic carbocycles. The molecule has 2 aliphatic rings. The number of likely N-dealkylation sites (tertiary alicyclic amines) is 1. The number of hydrogen-bond acceptors (Lipinski definition) is 9. The van der Waals surface area contributed by atoms with Crippen molar-refractivity contribution in [2.75, 3.05) is 25.5 Å². The molecule has 4 atom stereocenters. The van der Waals surface area contributed by atoms with E-state index in [-0.39, 0.29) is 18.9 Å². The van der Waals surface area contributed by atoms with Gasteiger partial charge in [0.25, 0.3) is 0 Å². The van der Waals surface area contributed by atoms with Gasteiger partial charge in [-0.2, -0.15) is 0 Å². The second-order valence-electron chi connectivity index (χ2n) is 15.2. The van der Waals surface area contributed by atoms with E-state index in [4.69, 9.17) is 24.9 Å². The highest BCUT2D eigenvalue weighted by atomic mass is 32.1. The highest BCUT2D eigenvalue weighted by Crippen LogP contribution is 2.45. The van der Waals surface area contributed by atoms with Crippen LogP contribution in [0.15, 0.2) is 95.9 Å². The molecule has 3 amide bonds. The van der Waals surface area contributed by atoms with E-state index >= 15 is 0 Å². The molecular weight excluding hydrogens is 715 g/mol. The SMILES string of the molecule is COc1ccc2c(O[C@H]3C[C@@H](C(=O)N[C@]4(C(N)=O)C[C@H]4/C=C\CCCCCNc4ccccc4S)N(C(=O)OC(C)(C)C)C3)cc(-c3ccccc3)nc2c1. The number of thiol groups is 1. The number of nitrogens with zero attached hydrogens (tertiary/aromatic N) is 2. The Bertz CT molecular complexity index is 2040. The zero-order valence-corrected chi connectivity index (χ0v) is 32.8. The van der Waals surface area contributed by atoms with E-state index in [9.17, 15) is 14.4 Å². The van der Waals surface area contributed by atoms with Crippen LogP contribution in [0.1, 0.15) is 59.3 Å². The van der Waals surface area contributed by atoms with Gasteiger partial charge in [0.05, 0.1) is 24.9 Å². The minimum atomic E-state index is -1.22. The van der Waals surface area contributed by atoms with E-state index < -0.39 is 41.2 Å². The fraction of sp³-hybridized carbons (Fsp3) is 0.395. The first kappa shape index (κ1) is 39.5. The molecule has 11 nitrogen and oxygen atoms in total. The van der Waals surface area contributed by atoms with Crippen LogP contribution in [0.2, 0.25) is 0 Å². The predicted octanol–water partition coefficient (Wildman–Crippen LogP) is 7.54. The fourth-order valence-electron chi connectivity index (χ4n) is 6.97. The maximum Gasteiger partial charge on any atom is 0.411 e. The zero-order valence-electron chi connectivity index (χ0n) is 31.9. The van der Waals surface area contributed by atoms with Gasteiger partial charge in [0.15, 0.2) is 0 Å². The number of primary amides is 1. The van der Waals surface area contributed by atoms with Crippen LogP contribution in [-0.2, 0) is 14.3 Å². The van der Waals surface area contributed by atoms with E-state index in [0.29, 0.717) is 29.1 Å². The van der Waals surface area contributed by atoms with E-state index in [1.165, 1.54) is 4.90 Å². The first-order chi connectivity index (χ1) is 26.4. The quantitative estimate of drug-likeness (QED) is 0.0552. The lowest BCUT2D eigenvalue weighted by Crippen LogP contribution is -2.55. The third-order valence-electron chi connectivity index (χ3n) is 9.97. The van der Waals surface area contributed by atoms with Crippen molar-refractivity contribution in [3.05, 3.63) is 91.0 Å². The van der Waals surface area contributed by atoms with Gasteiger partial charge in [-0.1, -0.05) is 61.0 Å². The lowest BCUT2D eigenvalue weighted by Gasteiger charge is -2.28. The van der Waals surface area contributed by atoms with Gasteiger partial charge >= 0.3 is 6.09 Å². The van der Waals surface area contributed by atoms with Crippen molar-refractivity contribution in [3.63, 3.8) is 0 Å². The smallest absolute Gasteiger partial charge is 0.411 e. The number of unbranched alkanes of at least 4 members (excludes halogenated alkanes) is 3. The molecule has 4 aromatic rings. The van der Waals surface area contributed by atoms with Gasteiger partial charge in [0.2, 0.25) is 11.8 Å². The lowest BCUT2D eigenvalue weighted by atomic mass is 10.1. The number of carbonyl (C=O) groups excluding carboxylic acids is 3. The Labute approximate surface area is 328 Å². The Balaban J connectivity index is 1.12. The van der Waals surface area contributed by atoms with E-state index in [1.807, 2.05) is 84.9 Å². The number of pyridine rings is 1. The molecule has 2 heterocycles. The molecule has 12 heteroatoms. The van der Waals surface area contributed by atoms with Crippen molar-refractivity contribution < 1.29 is 28.6 Å². The van der Waals surface area contributed by atoms with Gasteiger partial charge in [0.1, 0.15) is 34.8 Å². The second kappa shape index (κ2) is 17.1. The summed E-state index contributed by atoms with van der Waals surface area (Å²) in [7, 11) is 1.60. The molecule has 4 N–H and O–H groups in total. The summed E-state index contributed by atoms with van der Waals surface area (Å²) >= 11 is 4.48. The van der Waals surface area contributed by atoms with Crippen LogP contribution in [-0.4, -0.2) is 71.3 Å². The number of carbonyl (C=O) groups is 3. The summed E-state index contributed by atoms with van der Waals surface area (Å²) in [5.41, 5.74) is 7.21. The summed E-state index contributed by atoms with van der Waals surface area (Å²) in [6, 6.07) is 24.2. The summed E-state index contributed by atoms with van der Waals surface area (Å²) in [6.07, 6.45) is 7.28. The van der Waals surface area contributed by atoms with E-state index in [1.54, 1.807) is 27.9 Å². The second-order valence-corrected chi connectivity index (χ2v) is 15.7. The average Bonchev–Trinajstić information content (AvgIpc) is 3.69. The summed E-state index contributed by atoms with van der Waals surface area (Å²) in [4.78, 5) is 47.7. The highest BCUT2D eigenvalue weighted by molar-refractivity contribution is 7.80. The average molecular weight is 766 g/mol. The number of fused-ring (bicyclic) bond motifs is 1. The number of ether oxygens (including phenoxy) is 3. The van der Waals surface area contributed by atoms with Crippen LogP contribution in [0.25, 0.3) is 22.2 Å². The summed E-state index contributed by atoms with van der Waals surface area (Å²) in [5.74, 6) is -0.102. The maximum absolute atomic E-state index is 14.1. The number of nitrogens with one attached hydrogen (secondary N) is 2. The molecule has 1 aromatic heterocycles. The van der Waals surface area contributed by atoms with Crippen molar-refractivity contribution in [3.8, 4) is 22.8 Å². The molecule has 0 bridgehead atoms. The Morgan fingerprint density at radius 3 is 2.51 bits per heavy atom. The first-order valence-electron chi connectivity index (χ1n) is 18.9. The van der Waals surface area contributed by atoms with Gasteiger partial charge in [-0.05, 0) is 70.7 Å². The minimum Gasteiger partial charge on any atom is -0.497 e. The molecular formula is C43H51N5O6S. The van der Waals surface area contributed by atoms with Crippen LogP contribution in [0.3, 0.4) is 0 Å². The zero-order chi connectivity index (χ0) is 39.2. The third kappa shape index (κ3) is 9.72. The lowest BCUT2D eigenvalue weighted by molar-refractivity contribution is -0.131. The van der Waals surface area contributed by atoms with E-state index in [2.05, 4.69) is 29.3 Å². The predicted molar refractivity (Wildman–Crippen MR) is 217 cm³/mol.